The third-order valence-corrected chi connectivity index (χ3v) is 3.51. The molecule has 108 valence electrons. The molecule has 0 aliphatic rings. The Labute approximate surface area is 131 Å². The van der Waals surface area contributed by atoms with Crippen LogP contribution < -0.4 is 5.32 Å². The number of rotatable bonds is 5. The second-order valence-corrected chi connectivity index (χ2v) is 5.74. The van der Waals surface area contributed by atoms with Crippen molar-refractivity contribution in [2.45, 2.75) is 19.9 Å². The Morgan fingerprint density at radius 2 is 2.05 bits per heavy atom. The molecule has 0 aliphatic carbocycles. The first-order chi connectivity index (χ1) is 10.2. The van der Waals surface area contributed by atoms with Crippen molar-refractivity contribution in [3.8, 4) is 0 Å². The topological polar surface area (TPSA) is 63.8 Å². The van der Waals surface area contributed by atoms with Gasteiger partial charge in [0.05, 0.1) is 17.9 Å². The number of hydrogen-bond acceptors (Lipinski definition) is 5. The van der Waals surface area contributed by atoms with Gasteiger partial charge in [0.2, 0.25) is 0 Å². The molecule has 0 aromatic carbocycles. The van der Waals surface area contributed by atoms with Crippen molar-refractivity contribution in [2.75, 3.05) is 6.54 Å². The van der Waals surface area contributed by atoms with E-state index in [1.807, 2.05) is 25.3 Å². The second-order valence-electron chi connectivity index (χ2n) is 4.83. The number of nitrogens with zero attached hydrogens (tertiary/aromatic N) is 3. The van der Waals surface area contributed by atoms with E-state index < -0.39 is 0 Å². The Morgan fingerprint density at radius 1 is 1.14 bits per heavy atom. The van der Waals surface area contributed by atoms with E-state index >= 15 is 0 Å². The summed E-state index contributed by atoms with van der Waals surface area (Å²) in [5.41, 5.74) is 3.60. The monoisotopic (exact) mass is 346 g/mol. The van der Waals surface area contributed by atoms with Crippen LogP contribution in [0, 0.1) is 6.92 Å². The third kappa shape index (κ3) is 3.65. The summed E-state index contributed by atoms with van der Waals surface area (Å²) < 4.78 is 6.65. The molecule has 0 amide bonds. The van der Waals surface area contributed by atoms with Crippen LogP contribution in [0.25, 0.3) is 11.1 Å². The lowest BCUT2D eigenvalue weighted by Crippen LogP contribution is -2.16. The summed E-state index contributed by atoms with van der Waals surface area (Å²) in [5, 5.41) is 3.34. The minimum Gasteiger partial charge on any atom is -0.458 e. The number of aromatic nitrogens is 3. The fraction of sp³-hybridized carbons (Fsp3) is 0.267. The standard InChI is InChI=1S/C15H15BrN4O/c1-10-6-19-12(8-18-10)2-3-17-9-13-5-14-15(21-13)4-11(16)7-20-14/h4-8,17H,2-3,9H2,1H3. The minimum atomic E-state index is 0.674. The Kier molecular flexibility index (Phi) is 4.26. The molecular formula is C15H15BrN4O. The van der Waals surface area contributed by atoms with Crippen LogP contribution in [0.3, 0.4) is 0 Å². The lowest BCUT2D eigenvalue weighted by atomic mass is 10.3. The molecule has 3 rings (SSSR count). The summed E-state index contributed by atoms with van der Waals surface area (Å²) in [5.74, 6) is 0.880. The Balaban J connectivity index is 1.53. The summed E-state index contributed by atoms with van der Waals surface area (Å²) in [4.78, 5) is 12.9. The van der Waals surface area contributed by atoms with Gasteiger partial charge in [0.1, 0.15) is 11.3 Å². The zero-order valence-electron chi connectivity index (χ0n) is 11.6. The first-order valence-electron chi connectivity index (χ1n) is 6.73. The van der Waals surface area contributed by atoms with E-state index in [1.54, 1.807) is 12.4 Å². The SMILES string of the molecule is Cc1cnc(CCNCc2cc3ncc(Br)cc3o2)cn1. The van der Waals surface area contributed by atoms with Gasteiger partial charge in [0.15, 0.2) is 5.58 Å². The van der Waals surface area contributed by atoms with Gasteiger partial charge >= 0.3 is 0 Å². The Hall–Kier alpha value is -1.79. The van der Waals surface area contributed by atoms with Crippen LogP contribution in [0.1, 0.15) is 17.1 Å². The zero-order valence-corrected chi connectivity index (χ0v) is 13.2. The highest BCUT2D eigenvalue weighted by Gasteiger charge is 2.05. The number of aryl methyl sites for hydroxylation is 1. The molecule has 0 atom stereocenters. The van der Waals surface area contributed by atoms with Gasteiger partial charge in [0.25, 0.3) is 0 Å². The van der Waals surface area contributed by atoms with Crippen molar-refractivity contribution >= 4 is 27.0 Å². The molecular weight excluding hydrogens is 332 g/mol. The van der Waals surface area contributed by atoms with Gasteiger partial charge in [0, 0.05) is 42.1 Å². The van der Waals surface area contributed by atoms with Crippen molar-refractivity contribution in [3.63, 3.8) is 0 Å². The average Bonchev–Trinajstić information content (AvgIpc) is 2.87. The molecule has 0 unspecified atom stereocenters. The van der Waals surface area contributed by atoms with Crippen LogP contribution in [0.15, 0.2) is 39.6 Å². The molecule has 0 spiro atoms. The van der Waals surface area contributed by atoms with Crippen LogP contribution >= 0.6 is 15.9 Å². The summed E-state index contributed by atoms with van der Waals surface area (Å²) in [6.07, 6.45) is 6.22. The predicted octanol–water partition coefficient (Wildman–Crippen LogP) is 3.02. The van der Waals surface area contributed by atoms with Gasteiger partial charge in [-0.3, -0.25) is 15.0 Å². The van der Waals surface area contributed by atoms with Crippen molar-refractivity contribution in [1.29, 1.82) is 0 Å². The van der Waals surface area contributed by atoms with Crippen molar-refractivity contribution in [3.05, 3.63) is 52.3 Å². The van der Waals surface area contributed by atoms with Crippen LogP contribution in [-0.2, 0) is 13.0 Å². The lowest BCUT2D eigenvalue weighted by molar-refractivity contribution is 0.514. The number of hydrogen-bond donors (Lipinski definition) is 1. The number of furan rings is 1. The minimum absolute atomic E-state index is 0.674. The smallest absolute Gasteiger partial charge is 0.153 e. The molecule has 0 aliphatic heterocycles. The molecule has 1 N–H and O–H groups in total. The van der Waals surface area contributed by atoms with Crippen molar-refractivity contribution in [2.24, 2.45) is 0 Å². The van der Waals surface area contributed by atoms with Crippen LogP contribution in [0.4, 0.5) is 0 Å². The highest BCUT2D eigenvalue weighted by atomic mass is 79.9. The molecule has 0 saturated carbocycles. The summed E-state index contributed by atoms with van der Waals surface area (Å²) >= 11 is 3.39. The average molecular weight is 347 g/mol. The van der Waals surface area contributed by atoms with E-state index in [2.05, 4.69) is 36.2 Å². The Morgan fingerprint density at radius 3 is 2.86 bits per heavy atom. The lowest BCUT2D eigenvalue weighted by Gasteiger charge is -2.02. The molecule has 3 heterocycles. The van der Waals surface area contributed by atoms with E-state index in [1.165, 1.54) is 0 Å². The molecule has 6 heteroatoms. The normalized spacial score (nSPS) is 11.1. The van der Waals surface area contributed by atoms with Gasteiger partial charge in [-0.25, -0.2) is 0 Å². The summed E-state index contributed by atoms with van der Waals surface area (Å²) in [6, 6.07) is 3.88. The fourth-order valence-corrected chi connectivity index (χ4v) is 2.32. The van der Waals surface area contributed by atoms with Crippen molar-refractivity contribution < 1.29 is 4.42 Å². The predicted molar refractivity (Wildman–Crippen MR) is 83.9 cm³/mol. The Bertz CT molecular complexity index is 739. The number of pyridine rings is 1. The van der Waals surface area contributed by atoms with E-state index in [-0.39, 0.29) is 0 Å². The van der Waals surface area contributed by atoms with E-state index in [0.29, 0.717) is 6.54 Å². The van der Waals surface area contributed by atoms with Crippen LogP contribution in [0.2, 0.25) is 0 Å². The number of nitrogens with one attached hydrogen (secondary N) is 1. The zero-order chi connectivity index (χ0) is 14.7. The highest BCUT2D eigenvalue weighted by Crippen LogP contribution is 2.20. The fourth-order valence-electron chi connectivity index (χ4n) is 2.01. The van der Waals surface area contributed by atoms with E-state index in [0.717, 1.165) is 45.7 Å². The first-order valence-corrected chi connectivity index (χ1v) is 7.52. The van der Waals surface area contributed by atoms with Crippen LogP contribution in [0.5, 0.6) is 0 Å². The van der Waals surface area contributed by atoms with Gasteiger partial charge < -0.3 is 9.73 Å². The molecule has 3 aromatic rings. The summed E-state index contributed by atoms with van der Waals surface area (Å²) in [7, 11) is 0. The van der Waals surface area contributed by atoms with Gasteiger partial charge in [-0.05, 0) is 28.9 Å². The van der Waals surface area contributed by atoms with Crippen molar-refractivity contribution in [1.82, 2.24) is 20.3 Å². The molecule has 0 radical (unpaired) electrons. The number of halogens is 1. The van der Waals surface area contributed by atoms with Gasteiger partial charge in [-0.1, -0.05) is 0 Å². The molecule has 0 saturated heterocycles. The maximum atomic E-state index is 5.73. The maximum Gasteiger partial charge on any atom is 0.153 e. The van der Waals surface area contributed by atoms with E-state index in [9.17, 15) is 0 Å². The third-order valence-electron chi connectivity index (χ3n) is 3.08. The highest BCUT2D eigenvalue weighted by molar-refractivity contribution is 9.10. The first kappa shape index (κ1) is 14.2. The molecule has 0 bridgehead atoms. The quantitative estimate of drug-likeness (QED) is 0.719. The molecule has 0 fully saturated rings. The summed E-state index contributed by atoms with van der Waals surface area (Å²) in [6.45, 7) is 3.43. The molecule has 5 nitrogen and oxygen atoms in total. The molecule has 3 aromatic heterocycles. The number of fused-ring (bicyclic) bond motifs is 1. The van der Waals surface area contributed by atoms with E-state index in [4.69, 9.17) is 4.42 Å². The molecule has 21 heavy (non-hydrogen) atoms. The maximum absolute atomic E-state index is 5.73. The second kappa shape index (κ2) is 6.32. The van der Waals surface area contributed by atoms with Gasteiger partial charge in [-0.2, -0.15) is 0 Å². The van der Waals surface area contributed by atoms with Gasteiger partial charge in [-0.15, -0.1) is 0 Å². The largest absolute Gasteiger partial charge is 0.458 e. The van der Waals surface area contributed by atoms with Crippen LogP contribution in [-0.4, -0.2) is 21.5 Å².